The molecule has 3 N–H and O–H groups in total. The zero-order valence-electron chi connectivity index (χ0n) is 15.5. The van der Waals surface area contributed by atoms with Crippen molar-refractivity contribution in [2.45, 2.75) is 18.6 Å². The maximum atomic E-state index is 6.19. The van der Waals surface area contributed by atoms with Crippen LogP contribution in [0, 0.1) is 0 Å². The third-order valence-corrected chi connectivity index (χ3v) is 5.14. The fraction of sp³-hybridized carbons (Fsp3) is 0.316. The van der Waals surface area contributed by atoms with E-state index >= 15 is 0 Å². The molecule has 0 radical (unpaired) electrons. The van der Waals surface area contributed by atoms with Crippen LogP contribution in [-0.2, 0) is 0 Å². The Balaban J connectivity index is 1.66. The van der Waals surface area contributed by atoms with Crippen molar-refractivity contribution in [1.29, 1.82) is 0 Å². The molecule has 0 bridgehead atoms. The number of halogens is 1. The van der Waals surface area contributed by atoms with Gasteiger partial charge < -0.3 is 14.8 Å². The highest BCUT2D eigenvalue weighted by atomic mass is 35.5. The van der Waals surface area contributed by atoms with Crippen molar-refractivity contribution in [2.24, 2.45) is 4.99 Å². The minimum atomic E-state index is -0.0372. The number of ether oxygens (including phenoxy) is 2. The number of nitrogens with zero attached hydrogens (tertiary/aromatic N) is 1. The number of hydrazine groups is 1. The van der Waals surface area contributed by atoms with E-state index in [9.17, 15) is 0 Å². The Hall–Kier alpha value is -1.93. The molecule has 3 rings (SSSR count). The lowest BCUT2D eigenvalue weighted by atomic mass is 10.0. The molecule has 2 aromatic rings. The van der Waals surface area contributed by atoms with E-state index in [1.165, 1.54) is 5.56 Å². The second-order valence-electron chi connectivity index (χ2n) is 5.98. The van der Waals surface area contributed by atoms with Crippen LogP contribution in [-0.4, -0.2) is 31.8 Å². The van der Waals surface area contributed by atoms with Gasteiger partial charge in [-0.25, -0.2) is 15.8 Å². The predicted octanol–water partition coefficient (Wildman–Crippen LogP) is 4.05. The molecule has 0 saturated carbocycles. The van der Waals surface area contributed by atoms with Gasteiger partial charge in [0.2, 0.25) is 0 Å². The lowest BCUT2D eigenvalue weighted by molar-refractivity contribution is 0.413. The number of hydrogen-bond donors (Lipinski definition) is 3. The molecule has 2 atom stereocenters. The second kappa shape index (κ2) is 9.32. The number of nitrogens with one attached hydrogen (secondary N) is 3. The van der Waals surface area contributed by atoms with Crippen LogP contribution in [0.5, 0.6) is 11.5 Å². The van der Waals surface area contributed by atoms with Gasteiger partial charge in [0.1, 0.15) is 17.7 Å². The Kier molecular flexibility index (Phi) is 6.84. The van der Waals surface area contributed by atoms with Crippen LogP contribution in [0.4, 0.5) is 5.69 Å². The number of amidine groups is 1. The highest BCUT2D eigenvalue weighted by Gasteiger charge is 2.25. The first-order valence-corrected chi connectivity index (χ1v) is 10.1. The summed E-state index contributed by atoms with van der Waals surface area (Å²) in [6.07, 6.45) is 2.78. The number of hydrogen-bond acceptors (Lipinski definition) is 6. The highest BCUT2D eigenvalue weighted by Crippen LogP contribution is 2.28. The monoisotopic (exact) mass is 406 g/mol. The Bertz CT molecular complexity index is 818. The molecule has 0 aliphatic carbocycles. The average Bonchev–Trinajstić information content (AvgIpc) is 3.16. The molecule has 2 unspecified atom stereocenters. The van der Waals surface area contributed by atoms with Crippen molar-refractivity contribution in [2.75, 3.05) is 25.8 Å². The Morgan fingerprint density at radius 2 is 2.04 bits per heavy atom. The van der Waals surface area contributed by atoms with Crippen LogP contribution in [0.15, 0.2) is 47.5 Å². The first-order chi connectivity index (χ1) is 13.1. The van der Waals surface area contributed by atoms with E-state index < -0.39 is 0 Å². The molecule has 1 saturated heterocycles. The normalized spacial score (nSPS) is 19.8. The SMILES string of the molecule is COc1cccc(C2CC(/N=C(/Nc3ccc(OC)c(Cl)c3)SC)NN2)c1. The van der Waals surface area contributed by atoms with E-state index in [2.05, 4.69) is 22.2 Å². The quantitative estimate of drug-likeness (QED) is 0.514. The van der Waals surface area contributed by atoms with Crippen LogP contribution < -0.4 is 25.6 Å². The Labute approximate surface area is 168 Å². The van der Waals surface area contributed by atoms with Gasteiger partial charge in [-0.05, 0) is 42.2 Å². The maximum absolute atomic E-state index is 6.19. The second-order valence-corrected chi connectivity index (χ2v) is 7.18. The van der Waals surface area contributed by atoms with Gasteiger partial charge in [-0.2, -0.15) is 0 Å². The van der Waals surface area contributed by atoms with Gasteiger partial charge in [0.15, 0.2) is 5.17 Å². The zero-order chi connectivity index (χ0) is 19.2. The molecule has 0 spiro atoms. The summed E-state index contributed by atoms with van der Waals surface area (Å²) >= 11 is 7.74. The van der Waals surface area contributed by atoms with E-state index in [1.807, 2.05) is 42.7 Å². The Morgan fingerprint density at radius 1 is 1.19 bits per heavy atom. The lowest BCUT2D eigenvalue weighted by Gasteiger charge is -2.12. The smallest absolute Gasteiger partial charge is 0.162 e. The van der Waals surface area contributed by atoms with Gasteiger partial charge in [0.05, 0.1) is 19.2 Å². The van der Waals surface area contributed by atoms with Crippen LogP contribution in [0.25, 0.3) is 0 Å². The molecule has 6 nitrogen and oxygen atoms in total. The fourth-order valence-corrected chi connectivity index (χ4v) is 3.56. The van der Waals surface area contributed by atoms with E-state index in [0.717, 1.165) is 23.0 Å². The molecule has 8 heteroatoms. The molecule has 27 heavy (non-hydrogen) atoms. The average molecular weight is 407 g/mol. The summed E-state index contributed by atoms with van der Waals surface area (Å²) < 4.78 is 10.5. The highest BCUT2D eigenvalue weighted by molar-refractivity contribution is 8.13. The summed E-state index contributed by atoms with van der Waals surface area (Å²) in [5.41, 5.74) is 8.58. The van der Waals surface area contributed by atoms with E-state index in [1.54, 1.807) is 26.0 Å². The number of rotatable bonds is 5. The van der Waals surface area contributed by atoms with Gasteiger partial charge in [0.25, 0.3) is 0 Å². The topological polar surface area (TPSA) is 66.9 Å². The number of benzene rings is 2. The van der Waals surface area contributed by atoms with Gasteiger partial charge in [-0.1, -0.05) is 35.5 Å². The summed E-state index contributed by atoms with van der Waals surface area (Å²) in [5.74, 6) is 1.50. The molecule has 1 fully saturated rings. The Morgan fingerprint density at radius 3 is 2.74 bits per heavy atom. The van der Waals surface area contributed by atoms with Crippen molar-refractivity contribution in [3.63, 3.8) is 0 Å². The summed E-state index contributed by atoms with van der Waals surface area (Å²) in [5, 5.41) is 4.67. The van der Waals surface area contributed by atoms with E-state index in [0.29, 0.717) is 10.8 Å². The van der Waals surface area contributed by atoms with Gasteiger partial charge in [-0.15, -0.1) is 0 Å². The summed E-state index contributed by atoms with van der Waals surface area (Å²) in [6, 6.07) is 13.8. The molecule has 2 aromatic carbocycles. The maximum Gasteiger partial charge on any atom is 0.162 e. The van der Waals surface area contributed by atoms with Crippen LogP contribution in [0.3, 0.4) is 0 Å². The van der Waals surface area contributed by atoms with Crippen LogP contribution in [0.1, 0.15) is 18.0 Å². The molecular formula is C19H23ClN4O2S. The first kappa shape index (κ1) is 19.8. The summed E-state index contributed by atoms with van der Waals surface area (Å²) in [6.45, 7) is 0. The fourth-order valence-electron chi connectivity index (χ4n) is 2.85. The van der Waals surface area contributed by atoms with Crippen molar-refractivity contribution in [1.82, 2.24) is 10.9 Å². The van der Waals surface area contributed by atoms with Crippen LogP contribution >= 0.6 is 23.4 Å². The molecule has 0 amide bonds. The van der Waals surface area contributed by atoms with Crippen LogP contribution in [0.2, 0.25) is 5.02 Å². The van der Waals surface area contributed by atoms with Crippen molar-refractivity contribution < 1.29 is 9.47 Å². The summed E-state index contributed by atoms with van der Waals surface area (Å²) in [7, 11) is 3.27. The predicted molar refractivity (Wildman–Crippen MR) is 113 cm³/mol. The number of thioether (sulfide) groups is 1. The minimum absolute atomic E-state index is 0.0372. The van der Waals surface area contributed by atoms with Gasteiger partial charge in [-0.3, -0.25) is 0 Å². The third-order valence-electron chi connectivity index (χ3n) is 4.25. The van der Waals surface area contributed by atoms with E-state index in [-0.39, 0.29) is 12.2 Å². The minimum Gasteiger partial charge on any atom is -0.497 e. The van der Waals surface area contributed by atoms with Crippen molar-refractivity contribution in [3.8, 4) is 11.5 Å². The number of anilines is 1. The molecule has 144 valence electrons. The molecule has 1 aliphatic rings. The first-order valence-electron chi connectivity index (χ1n) is 8.50. The standard InChI is InChI=1S/C19H23ClN4O2S/c1-25-14-6-4-5-12(9-14)16-11-18(24-23-16)22-19(27-3)21-13-7-8-17(26-2)15(20)10-13/h4-10,16,18,23-24H,11H2,1-3H3,(H,21,22). The molecule has 0 aromatic heterocycles. The van der Waals surface area contributed by atoms with E-state index in [4.69, 9.17) is 26.1 Å². The molecule has 1 heterocycles. The number of methoxy groups -OCH3 is 2. The lowest BCUT2D eigenvalue weighted by Crippen LogP contribution is -2.30. The zero-order valence-corrected chi connectivity index (χ0v) is 17.0. The van der Waals surface area contributed by atoms with Gasteiger partial charge in [0, 0.05) is 18.2 Å². The largest absolute Gasteiger partial charge is 0.497 e. The number of aliphatic imine (C=N–C) groups is 1. The van der Waals surface area contributed by atoms with Crippen molar-refractivity contribution in [3.05, 3.63) is 53.1 Å². The summed E-state index contributed by atoms with van der Waals surface area (Å²) in [4.78, 5) is 4.77. The molecular weight excluding hydrogens is 384 g/mol. The molecule has 1 aliphatic heterocycles. The van der Waals surface area contributed by atoms with Gasteiger partial charge >= 0.3 is 0 Å². The van der Waals surface area contributed by atoms with Crippen molar-refractivity contribution >= 4 is 34.2 Å². The third kappa shape index (κ3) is 5.07.